The van der Waals surface area contributed by atoms with Crippen LogP contribution in [0.2, 0.25) is 18.1 Å². The van der Waals surface area contributed by atoms with Crippen molar-refractivity contribution >= 4 is 14.3 Å². The summed E-state index contributed by atoms with van der Waals surface area (Å²) in [7, 11) is -1.75. The molecule has 0 saturated heterocycles. The molecule has 0 aromatic carbocycles. The van der Waals surface area contributed by atoms with Crippen LogP contribution in [0.4, 0.5) is 0 Å². The zero-order chi connectivity index (χ0) is 16.0. The molecule has 0 aromatic rings. The molecule has 0 fully saturated rings. The van der Waals surface area contributed by atoms with Crippen molar-refractivity contribution < 1.29 is 14.0 Å². The van der Waals surface area contributed by atoms with Crippen LogP contribution in [0.1, 0.15) is 34.1 Å². The van der Waals surface area contributed by atoms with E-state index in [0.717, 1.165) is 0 Å². The van der Waals surface area contributed by atoms with Crippen LogP contribution in [-0.2, 0) is 14.0 Å². The fourth-order valence-corrected chi connectivity index (χ4v) is 2.49. The number of hydrogen-bond acceptors (Lipinski definition) is 3. The second-order valence-electron chi connectivity index (χ2n) is 6.67. The minimum atomic E-state index is -1.75. The Morgan fingerprint density at radius 1 is 1.30 bits per heavy atom. The molecule has 0 bridgehead atoms. The first-order chi connectivity index (χ1) is 9.05. The molecule has 3 nitrogen and oxygen atoms in total. The lowest BCUT2D eigenvalue weighted by Crippen LogP contribution is -2.41. The van der Waals surface area contributed by atoms with Crippen LogP contribution in [0.15, 0.2) is 25.3 Å². The third kappa shape index (κ3) is 6.05. The molecule has 0 saturated carbocycles. The Hall–Kier alpha value is -0.873. The zero-order valence-electron chi connectivity index (χ0n) is 13.9. The molecule has 0 aliphatic heterocycles. The maximum atomic E-state index is 11.4. The van der Waals surface area contributed by atoms with Gasteiger partial charge in [-0.05, 0) is 18.1 Å². The van der Waals surface area contributed by atoms with E-state index < -0.39 is 14.3 Å². The molecular weight excluding hydrogens is 268 g/mol. The number of carbonyl (C=O) groups is 1. The number of rotatable bonds is 8. The van der Waals surface area contributed by atoms with Crippen molar-refractivity contribution in [3.05, 3.63) is 25.3 Å². The molecule has 0 heterocycles. The average molecular weight is 298 g/mol. The van der Waals surface area contributed by atoms with Crippen LogP contribution in [0.3, 0.4) is 0 Å². The molecule has 0 rings (SSSR count). The molecule has 0 amide bonds. The maximum absolute atomic E-state index is 11.4. The summed E-state index contributed by atoms with van der Waals surface area (Å²) in [5.74, 6) is -0.294. The molecule has 2 atom stereocenters. The van der Waals surface area contributed by atoms with E-state index in [-0.39, 0.29) is 17.1 Å². The van der Waals surface area contributed by atoms with Crippen LogP contribution in [0, 0.1) is 5.92 Å². The van der Waals surface area contributed by atoms with Crippen molar-refractivity contribution in [1.29, 1.82) is 0 Å². The Balaban J connectivity index is 4.51. The van der Waals surface area contributed by atoms with Crippen LogP contribution < -0.4 is 0 Å². The lowest BCUT2D eigenvalue weighted by atomic mass is 10.0. The molecule has 4 heteroatoms. The van der Waals surface area contributed by atoms with Gasteiger partial charge in [0.1, 0.15) is 6.10 Å². The Labute approximate surface area is 125 Å². The summed E-state index contributed by atoms with van der Waals surface area (Å²) in [5.41, 5.74) is 0. The first kappa shape index (κ1) is 19.1. The van der Waals surface area contributed by atoms with Crippen LogP contribution in [0.5, 0.6) is 0 Å². The topological polar surface area (TPSA) is 35.5 Å². The Bertz CT molecular complexity index is 342. The smallest absolute Gasteiger partial charge is 0.330 e. The normalized spacial score (nSPS) is 15.3. The molecule has 0 unspecified atom stereocenters. The molecule has 0 aliphatic carbocycles. The van der Waals surface area contributed by atoms with E-state index in [1.54, 1.807) is 6.08 Å². The molecule has 0 spiro atoms. The summed E-state index contributed by atoms with van der Waals surface area (Å²) in [6.07, 6.45) is 3.47. The summed E-state index contributed by atoms with van der Waals surface area (Å²) in [6.45, 7) is 20.8. The van der Waals surface area contributed by atoms with Crippen molar-refractivity contribution in [3.8, 4) is 0 Å². The van der Waals surface area contributed by atoms with Gasteiger partial charge in [0.25, 0.3) is 0 Å². The number of ether oxygens (including phenoxy) is 1. The van der Waals surface area contributed by atoms with Gasteiger partial charge in [0.05, 0.1) is 0 Å². The standard InChI is InChI=1S/C16H30O3Si/c1-9-13(3)14(19-15(17)10-2)11-12-18-20(7,8)16(4,5)6/h9-10,13-14H,1-2,11-12H2,3-8H3/t13-,14-/m0/s1. The van der Waals surface area contributed by atoms with E-state index in [0.29, 0.717) is 13.0 Å². The van der Waals surface area contributed by atoms with Crippen LogP contribution in [0.25, 0.3) is 0 Å². The molecule has 0 aliphatic rings. The monoisotopic (exact) mass is 298 g/mol. The third-order valence-electron chi connectivity index (χ3n) is 4.06. The summed E-state index contributed by atoms with van der Waals surface area (Å²) in [4.78, 5) is 11.4. The van der Waals surface area contributed by atoms with E-state index >= 15 is 0 Å². The largest absolute Gasteiger partial charge is 0.459 e. The van der Waals surface area contributed by atoms with E-state index in [9.17, 15) is 4.79 Å². The van der Waals surface area contributed by atoms with E-state index in [4.69, 9.17) is 9.16 Å². The number of carbonyl (C=O) groups excluding carboxylic acids is 1. The van der Waals surface area contributed by atoms with Crippen molar-refractivity contribution in [2.45, 2.75) is 58.4 Å². The minimum absolute atomic E-state index is 0.0990. The van der Waals surface area contributed by atoms with Gasteiger partial charge in [-0.15, -0.1) is 6.58 Å². The zero-order valence-corrected chi connectivity index (χ0v) is 14.9. The van der Waals surface area contributed by atoms with Gasteiger partial charge in [0, 0.05) is 25.0 Å². The van der Waals surface area contributed by atoms with E-state index in [1.165, 1.54) is 6.08 Å². The minimum Gasteiger partial charge on any atom is -0.459 e. The van der Waals surface area contributed by atoms with Gasteiger partial charge in [-0.2, -0.15) is 0 Å². The van der Waals surface area contributed by atoms with Crippen molar-refractivity contribution in [2.75, 3.05) is 6.61 Å². The molecule has 0 aromatic heterocycles. The van der Waals surface area contributed by atoms with Gasteiger partial charge < -0.3 is 9.16 Å². The first-order valence-corrected chi connectivity index (χ1v) is 10.1. The van der Waals surface area contributed by atoms with Gasteiger partial charge in [0.2, 0.25) is 0 Å². The summed E-state index contributed by atoms with van der Waals surface area (Å²) in [5, 5.41) is 0.185. The van der Waals surface area contributed by atoms with Gasteiger partial charge >= 0.3 is 5.97 Å². The van der Waals surface area contributed by atoms with Crippen molar-refractivity contribution in [3.63, 3.8) is 0 Å². The van der Waals surface area contributed by atoms with Crippen LogP contribution in [-0.4, -0.2) is 27.0 Å². The summed E-state index contributed by atoms with van der Waals surface area (Å²) < 4.78 is 11.5. The number of esters is 1. The molecule has 116 valence electrons. The van der Waals surface area contributed by atoms with E-state index in [2.05, 4.69) is 47.0 Å². The van der Waals surface area contributed by atoms with E-state index in [1.807, 2.05) is 6.92 Å². The summed E-state index contributed by atoms with van der Waals surface area (Å²) >= 11 is 0. The fourth-order valence-electron chi connectivity index (χ4n) is 1.42. The molecular formula is C16H30O3Si. The summed E-state index contributed by atoms with van der Waals surface area (Å²) in [6, 6.07) is 0. The number of hydrogen-bond donors (Lipinski definition) is 0. The predicted molar refractivity (Wildman–Crippen MR) is 87.2 cm³/mol. The van der Waals surface area contributed by atoms with Gasteiger partial charge in [-0.25, -0.2) is 4.79 Å². The SMILES string of the molecule is C=CC(=O)O[C@@H](CCO[Si](C)(C)C(C)(C)C)[C@@H](C)C=C. The quantitative estimate of drug-likeness (QED) is 0.290. The van der Waals surface area contributed by atoms with Gasteiger partial charge in [-0.1, -0.05) is 40.3 Å². The fraction of sp³-hybridized carbons (Fsp3) is 0.688. The molecule has 0 radical (unpaired) electrons. The van der Waals surface area contributed by atoms with Gasteiger partial charge in [0.15, 0.2) is 8.32 Å². The highest BCUT2D eigenvalue weighted by Crippen LogP contribution is 2.36. The van der Waals surface area contributed by atoms with Crippen molar-refractivity contribution in [2.24, 2.45) is 5.92 Å². The highest BCUT2D eigenvalue weighted by atomic mass is 28.4. The first-order valence-electron chi connectivity index (χ1n) is 7.14. The van der Waals surface area contributed by atoms with Gasteiger partial charge in [-0.3, -0.25) is 0 Å². The average Bonchev–Trinajstić information content (AvgIpc) is 2.34. The second kappa shape index (κ2) is 7.79. The second-order valence-corrected chi connectivity index (χ2v) is 11.5. The van der Waals surface area contributed by atoms with Crippen molar-refractivity contribution in [1.82, 2.24) is 0 Å². The molecule has 20 heavy (non-hydrogen) atoms. The third-order valence-corrected chi connectivity index (χ3v) is 8.60. The Morgan fingerprint density at radius 3 is 2.25 bits per heavy atom. The highest BCUT2D eigenvalue weighted by Gasteiger charge is 2.37. The highest BCUT2D eigenvalue weighted by molar-refractivity contribution is 6.74. The maximum Gasteiger partial charge on any atom is 0.330 e. The Morgan fingerprint density at radius 2 is 1.85 bits per heavy atom. The lowest BCUT2D eigenvalue weighted by Gasteiger charge is -2.36. The molecule has 0 N–H and O–H groups in total. The Kier molecular flexibility index (Phi) is 7.45. The van der Waals surface area contributed by atoms with Crippen LogP contribution >= 0.6 is 0 Å². The predicted octanol–water partition coefficient (Wildman–Crippen LogP) is 4.32. The lowest BCUT2D eigenvalue weighted by molar-refractivity contribution is -0.145.